The van der Waals surface area contributed by atoms with Gasteiger partial charge in [0.2, 0.25) is 0 Å². The van der Waals surface area contributed by atoms with Gasteiger partial charge in [-0.15, -0.1) is 0 Å². The van der Waals surface area contributed by atoms with Crippen LogP contribution in [0.5, 0.6) is 0 Å². The van der Waals surface area contributed by atoms with Crippen molar-refractivity contribution in [2.45, 2.75) is 19.8 Å². The topological polar surface area (TPSA) is 63.5 Å². The summed E-state index contributed by atoms with van der Waals surface area (Å²) in [6, 6.07) is 11.8. The predicted molar refractivity (Wildman–Crippen MR) is 84.3 cm³/mol. The second-order valence-electron chi connectivity index (χ2n) is 5.45. The van der Waals surface area contributed by atoms with Crippen LogP contribution in [0.2, 0.25) is 0 Å². The van der Waals surface area contributed by atoms with Crippen LogP contribution < -0.4 is 4.90 Å². The molecule has 1 aliphatic heterocycles. The second-order valence-corrected chi connectivity index (χ2v) is 5.45. The molecule has 0 atom stereocenters. The van der Waals surface area contributed by atoms with Crippen LogP contribution in [0.1, 0.15) is 27.9 Å². The fourth-order valence-electron chi connectivity index (χ4n) is 2.93. The highest BCUT2D eigenvalue weighted by Gasteiger charge is 2.25. The van der Waals surface area contributed by atoms with E-state index in [9.17, 15) is 14.9 Å². The molecule has 0 spiro atoms. The molecule has 3 rings (SSSR count). The average molecular weight is 296 g/mol. The highest BCUT2D eigenvalue weighted by molar-refractivity contribution is 6.07. The zero-order valence-corrected chi connectivity index (χ0v) is 12.3. The van der Waals surface area contributed by atoms with Gasteiger partial charge in [0.1, 0.15) is 0 Å². The number of rotatable bonds is 2. The summed E-state index contributed by atoms with van der Waals surface area (Å²) in [6.45, 7) is 2.67. The number of hydrogen-bond acceptors (Lipinski definition) is 3. The summed E-state index contributed by atoms with van der Waals surface area (Å²) in [5.41, 5.74) is 3.71. The maximum Gasteiger partial charge on any atom is 0.269 e. The van der Waals surface area contributed by atoms with E-state index in [-0.39, 0.29) is 11.6 Å². The molecule has 2 aromatic rings. The second kappa shape index (κ2) is 5.60. The van der Waals surface area contributed by atoms with Crippen molar-refractivity contribution in [2.75, 3.05) is 11.4 Å². The number of anilines is 1. The fraction of sp³-hybridized carbons (Fsp3) is 0.235. The molecule has 0 bridgehead atoms. The third-order valence-electron chi connectivity index (χ3n) is 3.99. The minimum absolute atomic E-state index is 0.00762. The van der Waals surface area contributed by atoms with Gasteiger partial charge < -0.3 is 4.90 Å². The van der Waals surface area contributed by atoms with Crippen molar-refractivity contribution >= 4 is 17.3 Å². The van der Waals surface area contributed by atoms with Crippen LogP contribution in [0.15, 0.2) is 42.5 Å². The lowest BCUT2D eigenvalue weighted by Crippen LogP contribution is -2.36. The Morgan fingerprint density at radius 3 is 2.59 bits per heavy atom. The molecule has 0 radical (unpaired) electrons. The van der Waals surface area contributed by atoms with Crippen molar-refractivity contribution in [3.05, 3.63) is 69.3 Å². The quantitative estimate of drug-likeness (QED) is 0.629. The predicted octanol–water partition coefficient (Wildman–Crippen LogP) is 3.50. The number of nitrogens with zero attached hydrogens (tertiary/aromatic N) is 2. The van der Waals surface area contributed by atoms with Crippen LogP contribution in [0.4, 0.5) is 11.4 Å². The Morgan fingerprint density at radius 2 is 1.91 bits per heavy atom. The first-order valence-electron chi connectivity index (χ1n) is 7.23. The number of carbonyl (C=O) groups excluding carboxylic acids is 1. The SMILES string of the molecule is Cc1cccc2c1N(C(=O)c1ccc([N+](=O)[O-])cc1)CCC2. The molecule has 5 nitrogen and oxygen atoms in total. The fourth-order valence-corrected chi connectivity index (χ4v) is 2.93. The molecule has 1 aliphatic rings. The molecule has 1 heterocycles. The molecule has 0 fully saturated rings. The number of hydrogen-bond donors (Lipinski definition) is 0. The van der Waals surface area contributed by atoms with Crippen LogP contribution >= 0.6 is 0 Å². The maximum absolute atomic E-state index is 12.8. The summed E-state index contributed by atoms with van der Waals surface area (Å²) < 4.78 is 0. The Hall–Kier alpha value is -2.69. The Labute approximate surface area is 128 Å². The van der Waals surface area contributed by atoms with Gasteiger partial charge in [-0.2, -0.15) is 0 Å². The van der Waals surface area contributed by atoms with E-state index in [1.807, 2.05) is 19.1 Å². The van der Waals surface area contributed by atoms with E-state index in [0.717, 1.165) is 24.1 Å². The Balaban J connectivity index is 1.95. The van der Waals surface area contributed by atoms with E-state index < -0.39 is 4.92 Å². The Bertz CT molecular complexity index is 738. The lowest BCUT2D eigenvalue weighted by atomic mass is 9.97. The van der Waals surface area contributed by atoms with Gasteiger partial charge in [-0.05, 0) is 43.0 Å². The van der Waals surface area contributed by atoms with Crippen molar-refractivity contribution in [1.29, 1.82) is 0 Å². The molecule has 0 aromatic heterocycles. The summed E-state index contributed by atoms with van der Waals surface area (Å²) >= 11 is 0. The molecule has 112 valence electrons. The lowest BCUT2D eigenvalue weighted by Gasteiger charge is -2.31. The van der Waals surface area contributed by atoms with Crippen LogP contribution in [0.3, 0.4) is 0 Å². The number of amides is 1. The van der Waals surface area contributed by atoms with Crippen LogP contribution in [0, 0.1) is 17.0 Å². The van der Waals surface area contributed by atoms with Gasteiger partial charge in [0.25, 0.3) is 11.6 Å². The van der Waals surface area contributed by atoms with Crippen molar-refractivity contribution in [3.63, 3.8) is 0 Å². The number of non-ortho nitro benzene ring substituents is 1. The summed E-state index contributed by atoms with van der Waals surface area (Å²) in [5, 5.41) is 10.7. The first-order valence-corrected chi connectivity index (χ1v) is 7.23. The molecule has 0 aliphatic carbocycles. The van der Waals surface area contributed by atoms with Gasteiger partial charge in [-0.3, -0.25) is 14.9 Å². The Kier molecular flexibility index (Phi) is 3.63. The zero-order chi connectivity index (χ0) is 15.7. The minimum atomic E-state index is -0.464. The van der Waals surface area contributed by atoms with Crippen LogP contribution in [-0.4, -0.2) is 17.4 Å². The van der Waals surface area contributed by atoms with E-state index in [2.05, 4.69) is 6.07 Å². The number of carbonyl (C=O) groups is 1. The number of para-hydroxylation sites is 1. The zero-order valence-electron chi connectivity index (χ0n) is 12.3. The minimum Gasteiger partial charge on any atom is -0.308 e. The van der Waals surface area contributed by atoms with Gasteiger partial charge in [0.15, 0.2) is 0 Å². The van der Waals surface area contributed by atoms with Crippen molar-refractivity contribution in [2.24, 2.45) is 0 Å². The smallest absolute Gasteiger partial charge is 0.269 e. The first-order chi connectivity index (χ1) is 10.6. The molecular weight excluding hydrogens is 280 g/mol. The molecule has 2 aromatic carbocycles. The number of benzene rings is 2. The van der Waals surface area contributed by atoms with Crippen molar-refractivity contribution in [3.8, 4) is 0 Å². The van der Waals surface area contributed by atoms with Gasteiger partial charge >= 0.3 is 0 Å². The normalized spacial score (nSPS) is 13.6. The van der Waals surface area contributed by atoms with E-state index in [4.69, 9.17) is 0 Å². The molecule has 0 unspecified atom stereocenters. The van der Waals surface area contributed by atoms with Crippen molar-refractivity contribution in [1.82, 2.24) is 0 Å². The number of nitro benzene ring substituents is 1. The summed E-state index contributed by atoms with van der Waals surface area (Å²) in [4.78, 5) is 24.8. The van der Waals surface area contributed by atoms with Gasteiger partial charge in [0, 0.05) is 24.2 Å². The first kappa shape index (κ1) is 14.3. The van der Waals surface area contributed by atoms with Gasteiger partial charge in [-0.1, -0.05) is 18.2 Å². The van der Waals surface area contributed by atoms with Crippen LogP contribution in [-0.2, 0) is 6.42 Å². The number of nitro groups is 1. The van der Waals surface area contributed by atoms with Crippen LogP contribution in [0.25, 0.3) is 0 Å². The largest absolute Gasteiger partial charge is 0.308 e. The molecular formula is C17H16N2O3. The van der Waals surface area contributed by atoms with E-state index >= 15 is 0 Å². The molecule has 0 N–H and O–H groups in total. The summed E-state index contributed by atoms with van der Waals surface area (Å²) in [5.74, 6) is -0.106. The summed E-state index contributed by atoms with van der Waals surface area (Å²) in [6.07, 6.45) is 1.90. The summed E-state index contributed by atoms with van der Waals surface area (Å²) in [7, 11) is 0. The average Bonchev–Trinajstić information content (AvgIpc) is 2.54. The van der Waals surface area contributed by atoms with E-state index in [1.165, 1.54) is 29.8 Å². The van der Waals surface area contributed by atoms with Gasteiger partial charge in [0.05, 0.1) is 10.6 Å². The third kappa shape index (κ3) is 2.45. The molecule has 0 saturated heterocycles. The van der Waals surface area contributed by atoms with E-state index in [1.54, 1.807) is 4.90 Å². The van der Waals surface area contributed by atoms with Crippen molar-refractivity contribution < 1.29 is 9.72 Å². The third-order valence-corrected chi connectivity index (χ3v) is 3.99. The molecule has 0 saturated carbocycles. The lowest BCUT2D eigenvalue weighted by molar-refractivity contribution is -0.384. The monoisotopic (exact) mass is 296 g/mol. The van der Waals surface area contributed by atoms with Gasteiger partial charge in [-0.25, -0.2) is 0 Å². The maximum atomic E-state index is 12.8. The highest BCUT2D eigenvalue weighted by Crippen LogP contribution is 2.31. The number of aryl methyl sites for hydroxylation is 2. The molecule has 5 heteroatoms. The Morgan fingerprint density at radius 1 is 1.18 bits per heavy atom. The molecule has 1 amide bonds. The molecule has 22 heavy (non-hydrogen) atoms. The number of fused-ring (bicyclic) bond motifs is 1. The standard InChI is InChI=1S/C17H16N2O3/c1-12-4-2-5-13-6-3-11-18(16(12)13)17(20)14-7-9-15(10-8-14)19(21)22/h2,4-5,7-10H,3,6,11H2,1H3. The van der Waals surface area contributed by atoms with E-state index in [0.29, 0.717) is 12.1 Å². The highest BCUT2D eigenvalue weighted by atomic mass is 16.6.